The molecule has 25 heavy (non-hydrogen) atoms. The first-order chi connectivity index (χ1) is 12.3. The van der Waals surface area contributed by atoms with E-state index >= 15 is 0 Å². The van der Waals surface area contributed by atoms with Gasteiger partial charge < -0.3 is 4.90 Å². The highest BCUT2D eigenvalue weighted by Crippen LogP contribution is 2.29. The van der Waals surface area contributed by atoms with E-state index < -0.39 is 0 Å². The molecule has 0 atom stereocenters. The average Bonchev–Trinajstić information content (AvgIpc) is 2.69. The highest BCUT2D eigenvalue weighted by Gasteiger charge is 2.20. The Morgan fingerprint density at radius 2 is 2.00 bits per heavy atom. The molecule has 1 aliphatic heterocycles. The molecule has 1 aromatic rings. The molecule has 2 fully saturated rings. The van der Waals surface area contributed by atoms with Crippen LogP contribution in [0.15, 0.2) is 35.2 Å². The maximum atomic E-state index is 12.1. The predicted molar refractivity (Wildman–Crippen MR) is 98.6 cm³/mol. The molecule has 0 bridgehead atoms. The van der Waals surface area contributed by atoms with Gasteiger partial charge in [-0.15, -0.1) is 4.91 Å². The summed E-state index contributed by atoms with van der Waals surface area (Å²) in [5.74, 6) is 6.68. The minimum Gasteiger partial charge on any atom is -0.354 e. The Labute approximate surface area is 148 Å². The Balaban J connectivity index is 1.55. The number of hydrogen-bond acceptors (Lipinski definition) is 5. The second-order valence-electron chi connectivity index (χ2n) is 6.70. The van der Waals surface area contributed by atoms with E-state index in [9.17, 15) is 9.70 Å². The number of pyridine rings is 1. The monoisotopic (exact) mass is 337 g/mol. The van der Waals surface area contributed by atoms with Crippen molar-refractivity contribution >= 4 is 17.3 Å². The molecule has 1 saturated heterocycles. The molecule has 0 aromatic carbocycles. The van der Waals surface area contributed by atoms with Crippen LogP contribution in [-0.4, -0.2) is 23.9 Å². The first-order valence-electron chi connectivity index (χ1n) is 9.04. The number of carbonyl (C=O) groups is 1. The Morgan fingerprint density at radius 1 is 1.24 bits per heavy atom. The molecule has 2 aliphatic rings. The van der Waals surface area contributed by atoms with Crippen molar-refractivity contribution in [3.05, 3.63) is 34.9 Å². The second-order valence-corrected chi connectivity index (χ2v) is 6.70. The van der Waals surface area contributed by atoms with Gasteiger partial charge in [-0.05, 0) is 55.0 Å². The predicted octanol–water partition coefficient (Wildman–Crippen LogP) is 4.16. The fraction of sp³-hybridized carbons (Fsp3) is 0.500. The Bertz CT molecular complexity index is 714. The lowest BCUT2D eigenvalue weighted by Crippen LogP contribution is -2.31. The molecule has 0 amide bonds. The largest absolute Gasteiger partial charge is 0.354 e. The molecule has 0 radical (unpaired) electrons. The molecule has 1 aliphatic carbocycles. The zero-order valence-electron chi connectivity index (χ0n) is 14.4. The molecule has 0 unspecified atom stereocenters. The van der Waals surface area contributed by atoms with Crippen molar-refractivity contribution in [2.45, 2.75) is 44.9 Å². The van der Waals surface area contributed by atoms with E-state index in [1.165, 1.54) is 12.0 Å². The number of aromatic nitrogens is 1. The van der Waals surface area contributed by atoms with Crippen LogP contribution in [0.5, 0.6) is 0 Å². The normalized spacial score (nSPS) is 18.2. The topological polar surface area (TPSA) is 62.6 Å². The van der Waals surface area contributed by atoms with Gasteiger partial charge in [-0.2, -0.15) is 0 Å². The van der Waals surface area contributed by atoms with Crippen LogP contribution < -0.4 is 4.90 Å². The quantitative estimate of drug-likeness (QED) is 0.472. The third-order valence-electron chi connectivity index (χ3n) is 5.02. The Hall–Kier alpha value is -2.48. The maximum Gasteiger partial charge on any atom is 0.208 e. The third-order valence-corrected chi connectivity index (χ3v) is 5.02. The fourth-order valence-corrected chi connectivity index (χ4v) is 3.53. The van der Waals surface area contributed by atoms with E-state index in [0.29, 0.717) is 11.5 Å². The minimum absolute atomic E-state index is 0.101. The lowest BCUT2D eigenvalue weighted by Gasteiger charge is -2.29. The number of ketones is 1. The van der Waals surface area contributed by atoms with Gasteiger partial charge in [0.05, 0.1) is 0 Å². The van der Waals surface area contributed by atoms with Crippen LogP contribution in [0.1, 0.15) is 44.9 Å². The van der Waals surface area contributed by atoms with Crippen LogP contribution in [-0.2, 0) is 4.79 Å². The summed E-state index contributed by atoms with van der Waals surface area (Å²) in [6.45, 7) is 1.56. The molecule has 5 heteroatoms. The van der Waals surface area contributed by atoms with Crippen molar-refractivity contribution in [1.29, 1.82) is 0 Å². The van der Waals surface area contributed by atoms with Crippen molar-refractivity contribution in [3.8, 4) is 11.8 Å². The van der Waals surface area contributed by atoms with E-state index in [1.54, 1.807) is 18.3 Å². The van der Waals surface area contributed by atoms with Crippen molar-refractivity contribution in [2.75, 3.05) is 18.0 Å². The smallest absolute Gasteiger partial charge is 0.208 e. The van der Waals surface area contributed by atoms with Gasteiger partial charge in [0.2, 0.25) is 5.78 Å². The maximum absolute atomic E-state index is 12.1. The molecule has 1 saturated carbocycles. The molecular formula is C20H23N3O2. The third kappa shape index (κ3) is 4.54. The van der Waals surface area contributed by atoms with E-state index in [1.807, 2.05) is 6.08 Å². The van der Waals surface area contributed by atoms with Gasteiger partial charge in [-0.3, -0.25) is 4.79 Å². The zero-order chi connectivity index (χ0) is 17.5. The zero-order valence-corrected chi connectivity index (χ0v) is 14.4. The standard InChI is InChI=1S/C20H23N3O2/c24-19(17-7-2-1-3-8-17)10-4-6-16-11-14-23(15-12-16)20-18(22-25)9-5-13-21-20/h5-6,9,13,17H,1-3,7-8,11-12,14-15H2. The number of Topliss-reactive ketones (excluding diaryl/α,β-unsaturated/α-hetero) is 1. The highest BCUT2D eigenvalue weighted by molar-refractivity contribution is 5.97. The van der Waals surface area contributed by atoms with Crippen molar-refractivity contribution in [2.24, 2.45) is 11.1 Å². The van der Waals surface area contributed by atoms with Crippen LogP contribution in [0.2, 0.25) is 0 Å². The molecule has 5 nitrogen and oxygen atoms in total. The van der Waals surface area contributed by atoms with Crippen LogP contribution in [0.25, 0.3) is 0 Å². The number of nitroso groups, excluding NO2 is 1. The van der Waals surface area contributed by atoms with Gasteiger partial charge in [0.25, 0.3) is 0 Å². The van der Waals surface area contributed by atoms with Gasteiger partial charge in [0.15, 0.2) is 5.82 Å². The van der Waals surface area contributed by atoms with E-state index in [0.717, 1.165) is 51.6 Å². The molecule has 1 aromatic heterocycles. The Kier molecular flexibility index (Phi) is 5.95. The number of allylic oxidation sites excluding steroid dienone is 1. The summed E-state index contributed by atoms with van der Waals surface area (Å²) in [6, 6.07) is 3.40. The van der Waals surface area contributed by atoms with Crippen molar-refractivity contribution in [1.82, 2.24) is 4.98 Å². The molecule has 0 N–H and O–H groups in total. The summed E-state index contributed by atoms with van der Waals surface area (Å²) < 4.78 is 0. The summed E-state index contributed by atoms with van der Waals surface area (Å²) >= 11 is 0. The van der Waals surface area contributed by atoms with E-state index in [4.69, 9.17) is 0 Å². The van der Waals surface area contributed by atoms with Gasteiger partial charge in [0, 0.05) is 25.2 Å². The minimum atomic E-state index is 0.101. The van der Waals surface area contributed by atoms with Crippen LogP contribution in [0.4, 0.5) is 11.5 Å². The van der Waals surface area contributed by atoms with Crippen LogP contribution in [0, 0.1) is 22.7 Å². The molecule has 0 spiro atoms. The lowest BCUT2D eigenvalue weighted by atomic mass is 9.86. The Morgan fingerprint density at radius 3 is 2.72 bits per heavy atom. The highest BCUT2D eigenvalue weighted by atomic mass is 16.3. The van der Waals surface area contributed by atoms with Crippen molar-refractivity contribution in [3.63, 3.8) is 0 Å². The number of carbonyl (C=O) groups excluding carboxylic acids is 1. The molecule has 130 valence electrons. The van der Waals surface area contributed by atoms with Gasteiger partial charge in [0.1, 0.15) is 5.69 Å². The van der Waals surface area contributed by atoms with Gasteiger partial charge in [-0.25, -0.2) is 4.98 Å². The summed E-state index contributed by atoms with van der Waals surface area (Å²) in [6.07, 6.45) is 10.8. The molecule has 3 rings (SSSR count). The van der Waals surface area contributed by atoms with Gasteiger partial charge >= 0.3 is 0 Å². The van der Waals surface area contributed by atoms with Crippen molar-refractivity contribution < 1.29 is 4.79 Å². The first kappa shape index (κ1) is 17.3. The summed E-state index contributed by atoms with van der Waals surface area (Å²) in [7, 11) is 0. The number of hydrogen-bond donors (Lipinski definition) is 0. The van der Waals surface area contributed by atoms with Gasteiger partial charge in [-0.1, -0.05) is 30.8 Å². The van der Waals surface area contributed by atoms with Crippen LogP contribution >= 0.6 is 0 Å². The lowest BCUT2D eigenvalue weighted by molar-refractivity contribution is -0.118. The summed E-state index contributed by atoms with van der Waals surface area (Å²) in [4.78, 5) is 29.3. The first-order valence-corrected chi connectivity index (χ1v) is 9.04. The second kappa shape index (κ2) is 8.57. The summed E-state index contributed by atoms with van der Waals surface area (Å²) in [5.41, 5.74) is 1.63. The molecular weight excluding hydrogens is 314 g/mol. The number of anilines is 1. The van der Waals surface area contributed by atoms with E-state index in [2.05, 4.69) is 26.9 Å². The molecule has 2 heterocycles. The number of nitrogens with zero attached hydrogens (tertiary/aromatic N) is 3. The van der Waals surface area contributed by atoms with E-state index in [-0.39, 0.29) is 11.7 Å². The fourth-order valence-electron chi connectivity index (χ4n) is 3.53. The number of piperidine rings is 1. The average molecular weight is 337 g/mol. The van der Waals surface area contributed by atoms with Crippen LogP contribution in [0.3, 0.4) is 0 Å². The SMILES string of the molecule is O=Nc1cccnc1N1CCC(=CC#CC(=O)C2CCCCC2)CC1. The number of rotatable bonds is 3. The summed E-state index contributed by atoms with van der Waals surface area (Å²) in [5, 5.41) is 3.05.